The highest BCUT2D eigenvalue weighted by Crippen LogP contribution is 1.98. The second-order valence-corrected chi connectivity index (χ2v) is 3.00. The number of amides is 2. The Labute approximate surface area is 92.4 Å². The van der Waals surface area contributed by atoms with Crippen LogP contribution in [0.1, 0.15) is 16.8 Å². The first kappa shape index (κ1) is 11.9. The molecule has 1 N–H and O–H groups in total. The Balaban J connectivity index is 2.52. The van der Waals surface area contributed by atoms with E-state index in [0.29, 0.717) is 5.56 Å². The summed E-state index contributed by atoms with van der Waals surface area (Å²) in [6.07, 6.45) is -0.463. The van der Waals surface area contributed by atoms with Crippen molar-refractivity contribution in [2.45, 2.75) is 6.42 Å². The van der Waals surface area contributed by atoms with Crippen molar-refractivity contribution in [2.75, 3.05) is 7.11 Å². The number of carbonyl (C=O) groups is 3. The van der Waals surface area contributed by atoms with Gasteiger partial charge in [-0.2, -0.15) is 0 Å². The van der Waals surface area contributed by atoms with Gasteiger partial charge in [-0.25, -0.2) is 0 Å². The van der Waals surface area contributed by atoms with Crippen LogP contribution in [-0.2, 0) is 14.3 Å². The highest BCUT2D eigenvalue weighted by Gasteiger charge is 2.13. The van der Waals surface area contributed by atoms with Crippen LogP contribution in [0.4, 0.5) is 0 Å². The smallest absolute Gasteiger partial charge is 0.315 e. The van der Waals surface area contributed by atoms with Crippen molar-refractivity contribution in [1.82, 2.24) is 5.32 Å². The number of esters is 1. The third kappa shape index (κ3) is 3.53. The molecule has 1 rings (SSSR count). The molecule has 84 valence electrons. The van der Waals surface area contributed by atoms with Gasteiger partial charge in [0, 0.05) is 5.56 Å². The Bertz CT molecular complexity index is 400. The van der Waals surface area contributed by atoms with Crippen molar-refractivity contribution < 1.29 is 19.1 Å². The summed E-state index contributed by atoms with van der Waals surface area (Å²) in [5.41, 5.74) is 0.362. The molecule has 1 aromatic rings. The molecule has 0 fully saturated rings. The number of carbonyl (C=O) groups excluding carboxylic acids is 3. The standard InChI is InChI=1S/C11H11NO4/c1-16-10(14)7-9(13)12-11(15)8-5-3-2-4-6-8/h2-6H,7H2,1H3,(H,12,13,15). The Hall–Kier alpha value is -2.17. The first-order valence-electron chi connectivity index (χ1n) is 4.59. The molecule has 0 aliphatic heterocycles. The van der Waals surface area contributed by atoms with Crippen LogP contribution >= 0.6 is 0 Å². The van der Waals surface area contributed by atoms with Gasteiger partial charge in [0.1, 0.15) is 6.42 Å². The fourth-order valence-electron chi connectivity index (χ4n) is 1.04. The highest BCUT2D eigenvalue weighted by atomic mass is 16.5. The van der Waals surface area contributed by atoms with Gasteiger partial charge in [-0.3, -0.25) is 19.7 Å². The van der Waals surface area contributed by atoms with Crippen LogP contribution in [0.3, 0.4) is 0 Å². The third-order valence-electron chi connectivity index (χ3n) is 1.82. The monoisotopic (exact) mass is 221 g/mol. The second kappa shape index (κ2) is 5.65. The maximum atomic E-state index is 11.4. The van der Waals surface area contributed by atoms with Crippen molar-refractivity contribution in [3.8, 4) is 0 Å². The number of hydrogen-bond donors (Lipinski definition) is 1. The first-order chi connectivity index (χ1) is 7.63. The van der Waals surface area contributed by atoms with Crippen LogP contribution in [0.5, 0.6) is 0 Å². The zero-order valence-electron chi connectivity index (χ0n) is 8.73. The Kier molecular flexibility index (Phi) is 4.20. The number of hydrogen-bond acceptors (Lipinski definition) is 4. The Morgan fingerprint density at radius 3 is 2.38 bits per heavy atom. The molecule has 0 aliphatic rings. The van der Waals surface area contributed by atoms with Gasteiger partial charge < -0.3 is 4.74 Å². The van der Waals surface area contributed by atoms with Gasteiger partial charge >= 0.3 is 5.97 Å². The molecule has 5 heteroatoms. The number of benzene rings is 1. The Morgan fingerprint density at radius 1 is 1.19 bits per heavy atom. The molecule has 0 heterocycles. The van der Waals surface area contributed by atoms with Crippen molar-refractivity contribution in [2.24, 2.45) is 0 Å². The first-order valence-corrected chi connectivity index (χ1v) is 4.59. The van der Waals surface area contributed by atoms with Gasteiger partial charge in [-0.1, -0.05) is 18.2 Å². The molecule has 0 radical (unpaired) electrons. The van der Waals surface area contributed by atoms with Crippen LogP contribution in [0.2, 0.25) is 0 Å². The van der Waals surface area contributed by atoms with Gasteiger partial charge in [0.25, 0.3) is 5.91 Å². The fourth-order valence-corrected chi connectivity index (χ4v) is 1.04. The van der Waals surface area contributed by atoms with E-state index in [2.05, 4.69) is 10.1 Å². The van der Waals surface area contributed by atoms with E-state index in [1.54, 1.807) is 30.3 Å². The summed E-state index contributed by atoms with van der Waals surface area (Å²) < 4.78 is 4.30. The fraction of sp³-hybridized carbons (Fsp3) is 0.182. The summed E-state index contributed by atoms with van der Waals surface area (Å²) in [5.74, 6) is -1.89. The average molecular weight is 221 g/mol. The van der Waals surface area contributed by atoms with E-state index in [-0.39, 0.29) is 0 Å². The minimum Gasteiger partial charge on any atom is -0.469 e. The largest absolute Gasteiger partial charge is 0.469 e. The maximum absolute atomic E-state index is 11.4. The summed E-state index contributed by atoms with van der Waals surface area (Å²) in [6, 6.07) is 8.26. The lowest BCUT2D eigenvalue weighted by molar-refractivity contribution is -0.143. The van der Waals surface area contributed by atoms with E-state index in [9.17, 15) is 14.4 Å². The molecule has 0 aliphatic carbocycles. The van der Waals surface area contributed by atoms with Crippen LogP contribution < -0.4 is 5.32 Å². The summed E-state index contributed by atoms with van der Waals surface area (Å²) in [6.45, 7) is 0. The minimum absolute atomic E-state index is 0.362. The maximum Gasteiger partial charge on any atom is 0.315 e. The minimum atomic E-state index is -0.682. The lowest BCUT2D eigenvalue weighted by Gasteiger charge is -2.02. The SMILES string of the molecule is COC(=O)CC(=O)NC(=O)c1ccccc1. The molecule has 0 aromatic heterocycles. The lowest BCUT2D eigenvalue weighted by atomic mass is 10.2. The molecule has 0 unspecified atom stereocenters. The van der Waals surface area contributed by atoms with E-state index >= 15 is 0 Å². The van der Waals surface area contributed by atoms with Crippen molar-refractivity contribution in [3.05, 3.63) is 35.9 Å². The molecule has 0 atom stereocenters. The summed E-state index contributed by atoms with van der Waals surface area (Å²) >= 11 is 0. The van der Waals surface area contributed by atoms with Gasteiger partial charge in [0.15, 0.2) is 0 Å². The highest BCUT2D eigenvalue weighted by molar-refractivity contribution is 6.08. The van der Waals surface area contributed by atoms with Gasteiger partial charge in [-0.15, -0.1) is 0 Å². The third-order valence-corrected chi connectivity index (χ3v) is 1.82. The molecule has 0 bridgehead atoms. The zero-order valence-corrected chi connectivity index (χ0v) is 8.73. The number of nitrogens with one attached hydrogen (secondary N) is 1. The molecule has 1 aromatic carbocycles. The summed E-state index contributed by atoms with van der Waals surface area (Å²) in [7, 11) is 1.18. The normalized spacial score (nSPS) is 9.31. The molecule has 0 saturated carbocycles. The quantitative estimate of drug-likeness (QED) is 0.596. The zero-order chi connectivity index (χ0) is 12.0. The van der Waals surface area contributed by atoms with Crippen LogP contribution in [0.15, 0.2) is 30.3 Å². The van der Waals surface area contributed by atoms with Crippen LogP contribution in [-0.4, -0.2) is 24.9 Å². The van der Waals surface area contributed by atoms with Gasteiger partial charge in [-0.05, 0) is 12.1 Å². The topological polar surface area (TPSA) is 72.5 Å². The van der Waals surface area contributed by atoms with Crippen molar-refractivity contribution in [3.63, 3.8) is 0 Å². The molecule has 0 spiro atoms. The summed E-state index contributed by atoms with van der Waals surface area (Å²) in [4.78, 5) is 33.4. The van der Waals surface area contributed by atoms with Crippen LogP contribution in [0, 0.1) is 0 Å². The number of ether oxygens (including phenoxy) is 1. The predicted octanol–water partition coefficient (Wildman–Crippen LogP) is 0.506. The average Bonchev–Trinajstić information content (AvgIpc) is 2.29. The second-order valence-electron chi connectivity index (χ2n) is 3.00. The van der Waals surface area contributed by atoms with Gasteiger partial charge in [0.2, 0.25) is 5.91 Å². The van der Waals surface area contributed by atoms with E-state index in [1.165, 1.54) is 7.11 Å². The molecular weight excluding hydrogens is 210 g/mol. The molecule has 2 amide bonds. The molecule has 16 heavy (non-hydrogen) atoms. The predicted molar refractivity (Wildman–Crippen MR) is 55.5 cm³/mol. The lowest BCUT2D eigenvalue weighted by Crippen LogP contribution is -2.32. The van der Waals surface area contributed by atoms with E-state index < -0.39 is 24.2 Å². The van der Waals surface area contributed by atoms with Gasteiger partial charge in [0.05, 0.1) is 7.11 Å². The van der Waals surface area contributed by atoms with Crippen molar-refractivity contribution in [1.29, 1.82) is 0 Å². The molecule has 5 nitrogen and oxygen atoms in total. The number of rotatable bonds is 3. The molecular formula is C11H11NO4. The number of imide groups is 1. The number of methoxy groups -OCH3 is 1. The summed E-state index contributed by atoms with van der Waals surface area (Å²) in [5, 5.41) is 2.08. The van der Waals surface area contributed by atoms with E-state index in [1.807, 2.05) is 0 Å². The van der Waals surface area contributed by atoms with E-state index in [0.717, 1.165) is 0 Å². The molecule has 0 saturated heterocycles. The van der Waals surface area contributed by atoms with E-state index in [4.69, 9.17) is 0 Å². The Morgan fingerprint density at radius 2 is 1.81 bits per heavy atom. The van der Waals surface area contributed by atoms with Crippen LogP contribution in [0.25, 0.3) is 0 Å². The van der Waals surface area contributed by atoms with Crippen molar-refractivity contribution >= 4 is 17.8 Å².